The number of nitrogens with zero attached hydrogens (tertiary/aromatic N) is 2. The molecule has 1 aromatic heterocycles. The molecule has 0 bridgehead atoms. The summed E-state index contributed by atoms with van der Waals surface area (Å²) >= 11 is 3.17. The van der Waals surface area contributed by atoms with Gasteiger partial charge in [0.05, 0.1) is 30.1 Å². The molecule has 1 aliphatic rings. The van der Waals surface area contributed by atoms with Gasteiger partial charge in [-0.15, -0.1) is 0 Å². The van der Waals surface area contributed by atoms with Crippen molar-refractivity contribution in [2.24, 2.45) is 0 Å². The summed E-state index contributed by atoms with van der Waals surface area (Å²) in [5.41, 5.74) is 7.41. The molecule has 10 heteroatoms. The van der Waals surface area contributed by atoms with E-state index in [0.29, 0.717) is 52.7 Å². The molecule has 4 rings (SSSR count). The highest BCUT2D eigenvalue weighted by molar-refractivity contribution is 9.10. The van der Waals surface area contributed by atoms with E-state index in [4.69, 9.17) is 5.73 Å². The Morgan fingerprint density at radius 1 is 1.20 bits per heavy atom. The smallest absolute Gasteiger partial charge is 0.254 e. The number of ketones is 1. The quantitative estimate of drug-likeness (QED) is 0.421. The van der Waals surface area contributed by atoms with Crippen LogP contribution >= 0.6 is 15.9 Å². The molecule has 1 heterocycles. The maximum Gasteiger partial charge on any atom is 0.254 e. The van der Waals surface area contributed by atoms with Gasteiger partial charge < -0.3 is 16.2 Å². The van der Waals surface area contributed by atoms with Gasteiger partial charge in [-0.2, -0.15) is 0 Å². The van der Waals surface area contributed by atoms with Crippen LogP contribution in [0.25, 0.3) is 11.3 Å². The third kappa shape index (κ3) is 5.71. The fourth-order valence-corrected chi connectivity index (χ4v) is 4.63. The number of halogens is 3. The number of nitrogens with two attached hydrogens (primary N) is 1. The summed E-state index contributed by atoms with van der Waals surface area (Å²) in [6.07, 6.45) is 3.92. The first-order valence-corrected chi connectivity index (χ1v) is 11.9. The van der Waals surface area contributed by atoms with Crippen molar-refractivity contribution in [2.45, 2.75) is 37.6 Å². The van der Waals surface area contributed by atoms with Crippen molar-refractivity contribution in [2.75, 3.05) is 12.3 Å². The van der Waals surface area contributed by atoms with Gasteiger partial charge in [0.1, 0.15) is 28.9 Å². The molecule has 35 heavy (non-hydrogen) atoms. The van der Waals surface area contributed by atoms with Crippen LogP contribution in [0.1, 0.15) is 59.3 Å². The van der Waals surface area contributed by atoms with Crippen molar-refractivity contribution in [3.05, 3.63) is 75.5 Å². The fourth-order valence-electron chi connectivity index (χ4n) is 4.15. The number of aromatic nitrogens is 2. The molecule has 2 aromatic carbocycles. The van der Waals surface area contributed by atoms with Crippen molar-refractivity contribution < 1.29 is 23.5 Å². The standard InChI is InChI=1S/C25H23BrF2N4O3/c26-16-7-15(8-17(27)10-16)22(12-33)32-25(35)19-6-3-14(9-20(19)28)23-24(29)30-11-21(31-23)13-1-4-18(34)5-2-13/h3,6-11,13,22,33H,1-2,4-5,12H2,(H2,29,30)(H,32,35). The summed E-state index contributed by atoms with van der Waals surface area (Å²) in [7, 11) is 0. The van der Waals surface area contributed by atoms with Gasteiger partial charge in [-0.3, -0.25) is 9.59 Å². The van der Waals surface area contributed by atoms with E-state index in [2.05, 4.69) is 31.2 Å². The van der Waals surface area contributed by atoms with Crippen molar-refractivity contribution in [1.82, 2.24) is 15.3 Å². The number of carbonyl (C=O) groups excluding carboxylic acids is 2. The van der Waals surface area contributed by atoms with Gasteiger partial charge in [0.2, 0.25) is 0 Å². The summed E-state index contributed by atoms with van der Waals surface area (Å²) in [4.78, 5) is 33.1. The first kappa shape index (κ1) is 24.9. The second-order valence-electron chi connectivity index (χ2n) is 8.45. The minimum absolute atomic E-state index is 0.0766. The van der Waals surface area contributed by atoms with E-state index < -0.39 is 30.2 Å². The normalized spacial score (nSPS) is 15.1. The highest BCUT2D eigenvalue weighted by Gasteiger charge is 2.24. The van der Waals surface area contributed by atoms with Crippen LogP contribution in [0.3, 0.4) is 0 Å². The number of hydrogen-bond donors (Lipinski definition) is 3. The second kappa shape index (κ2) is 10.6. The molecule has 7 nitrogen and oxygen atoms in total. The van der Waals surface area contributed by atoms with Crippen LogP contribution in [0.5, 0.6) is 0 Å². The van der Waals surface area contributed by atoms with Crippen LogP contribution in [0.15, 0.2) is 47.1 Å². The Bertz CT molecular complexity index is 1260. The maximum atomic E-state index is 15.0. The van der Waals surface area contributed by atoms with Crippen molar-refractivity contribution >= 4 is 33.4 Å². The highest BCUT2D eigenvalue weighted by atomic mass is 79.9. The topological polar surface area (TPSA) is 118 Å². The van der Waals surface area contributed by atoms with Crippen LogP contribution in [0.4, 0.5) is 14.6 Å². The Kier molecular flexibility index (Phi) is 7.51. The molecular weight excluding hydrogens is 522 g/mol. The Labute approximate surface area is 208 Å². The summed E-state index contributed by atoms with van der Waals surface area (Å²) in [5.74, 6) is -1.70. The van der Waals surface area contributed by atoms with Crippen LogP contribution in [0.2, 0.25) is 0 Å². The van der Waals surface area contributed by atoms with Crippen molar-refractivity contribution in [1.29, 1.82) is 0 Å². The molecule has 4 N–H and O–H groups in total. The molecule has 0 spiro atoms. The lowest BCUT2D eigenvalue weighted by Gasteiger charge is -2.21. The van der Waals surface area contributed by atoms with Gasteiger partial charge in [0.25, 0.3) is 5.91 Å². The zero-order valence-corrected chi connectivity index (χ0v) is 20.2. The van der Waals surface area contributed by atoms with E-state index in [1.807, 2.05) is 0 Å². The largest absolute Gasteiger partial charge is 0.394 e. The zero-order valence-electron chi connectivity index (χ0n) is 18.6. The predicted molar refractivity (Wildman–Crippen MR) is 129 cm³/mol. The van der Waals surface area contributed by atoms with Gasteiger partial charge in [-0.25, -0.2) is 18.7 Å². The van der Waals surface area contributed by atoms with Gasteiger partial charge >= 0.3 is 0 Å². The molecule has 1 atom stereocenters. The number of amides is 1. The van der Waals surface area contributed by atoms with E-state index in [-0.39, 0.29) is 23.1 Å². The average Bonchev–Trinajstić information content (AvgIpc) is 2.82. The maximum absolute atomic E-state index is 15.0. The second-order valence-corrected chi connectivity index (χ2v) is 9.36. The molecule has 1 saturated carbocycles. The summed E-state index contributed by atoms with van der Waals surface area (Å²) < 4.78 is 29.2. The minimum atomic E-state index is -0.936. The number of anilines is 1. The lowest BCUT2D eigenvalue weighted by Crippen LogP contribution is -2.31. The van der Waals surface area contributed by atoms with Gasteiger partial charge in [-0.05, 0) is 48.7 Å². The van der Waals surface area contributed by atoms with Crippen molar-refractivity contribution in [3.63, 3.8) is 0 Å². The Balaban J connectivity index is 1.56. The van der Waals surface area contributed by atoms with Gasteiger partial charge in [-0.1, -0.05) is 22.0 Å². The molecular formula is C25H23BrF2N4O3. The molecule has 0 saturated heterocycles. The van der Waals surface area contributed by atoms with Gasteiger partial charge in [0, 0.05) is 28.8 Å². The highest BCUT2D eigenvalue weighted by Crippen LogP contribution is 2.32. The first-order valence-electron chi connectivity index (χ1n) is 11.1. The number of Topliss-reactive ketones (excluding diaryl/α,β-unsaturated/α-hetero) is 1. The van der Waals surface area contributed by atoms with Gasteiger partial charge in [0.15, 0.2) is 0 Å². The number of hydrogen-bond acceptors (Lipinski definition) is 6. The average molecular weight is 545 g/mol. The summed E-state index contributed by atoms with van der Waals surface area (Å²) in [6, 6.07) is 7.00. The molecule has 1 aliphatic carbocycles. The molecule has 1 fully saturated rings. The van der Waals surface area contributed by atoms with E-state index >= 15 is 0 Å². The van der Waals surface area contributed by atoms with Crippen LogP contribution in [-0.2, 0) is 4.79 Å². The number of aliphatic hydroxyl groups is 1. The molecule has 1 unspecified atom stereocenters. The fraction of sp³-hybridized carbons (Fsp3) is 0.280. The van der Waals surface area contributed by atoms with E-state index in [9.17, 15) is 23.5 Å². The Morgan fingerprint density at radius 3 is 2.60 bits per heavy atom. The lowest BCUT2D eigenvalue weighted by atomic mass is 9.86. The molecule has 0 aliphatic heterocycles. The number of rotatable bonds is 6. The zero-order chi connectivity index (χ0) is 25.1. The molecule has 182 valence electrons. The third-order valence-electron chi connectivity index (χ3n) is 6.04. The number of carbonyl (C=O) groups is 2. The first-order chi connectivity index (χ1) is 16.7. The summed E-state index contributed by atoms with van der Waals surface area (Å²) in [5, 5.41) is 12.2. The van der Waals surface area contributed by atoms with Crippen LogP contribution in [-0.4, -0.2) is 33.4 Å². The third-order valence-corrected chi connectivity index (χ3v) is 6.50. The van der Waals surface area contributed by atoms with E-state index in [1.165, 1.54) is 24.3 Å². The lowest BCUT2D eigenvalue weighted by molar-refractivity contribution is -0.120. The Morgan fingerprint density at radius 2 is 1.94 bits per heavy atom. The minimum Gasteiger partial charge on any atom is -0.394 e. The number of aliphatic hydroxyl groups excluding tert-OH is 1. The van der Waals surface area contributed by atoms with Crippen LogP contribution < -0.4 is 11.1 Å². The van der Waals surface area contributed by atoms with E-state index in [0.717, 1.165) is 6.07 Å². The Hall–Kier alpha value is -3.24. The van der Waals surface area contributed by atoms with Crippen LogP contribution in [0, 0.1) is 11.6 Å². The number of nitrogen functional groups attached to an aromatic ring is 1. The summed E-state index contributed by atoms with van der Waals surface area (Å²) in [6.45, 7) is -0.507. The molecule has 0 radical (unpaired) electrons. The predicted octanol–water partition coefficient (Wildman–Crippen LogP) is 4.46. The molecule has 1 amide bonds. The number of nitrogens with one attached hydrogen (secondary N) is 1. The van der Waals surface area contributed by atoms with Crippen molar-refractivity contribution in [3.8, 4) is 11.3 Å². The monoisotopic (exact) mass is 544 g/mol. The van der Waals surface area contributed by atoms with E-state index in [1.54, 1.807) is 12.3 Å². The molecule has 3 aromatic rings. The number of benzene rings is 2. The SMILES string of the molecule is Nc1ncc(C2CCC(=O)CC2)nc1-c1ccc(C(=O)NC(CO)c2cc(F)cc(Br)c2)c(F)c1.